The molecule has 0 saturated carbocycles. The van der Waals surface area contributed by atoms with Crippen LogP contribution >= 0.6 is 0 Å². The zero-order chi connectivity index (χ0) is 14.5. The zero-order valence-corrected chi connectivity index (χ0v) is 11.5. The number of carbonyl (C=O) groups is 1. The summed E-state index contributed by atoms with van der Waals surface area (Å²) in [6.45, 7) is 1.98. The number of aryl methyl sites for hydroxylation is 1. The van der Waals surface area contributed by atoms with Crippen LogP contribution in [-0.2, 0) is 4.79 Å². The van der Waals surface area contributed by atoms with Crippen LogP contribution in [-0.4, -0.2) is 18.0 Å². The van der Waals surface area contributed by atoms with Gasteiger partial charge in [-0.1, -0.05) is 29.8 Å². The van der Waals surface area contributed by atoms with Crippen LogP contribution in [0.3, 0.4) is 0 Å². The minimum atomic E-state index is -0.710. The van der Waals surface area contributed by atoms with Crippen molar-refractivity contribution in [3.05, 3.63) is 53.7 Å². The number of nitrogens with two attached hydrogens (primary N) is 1. The van der Waals surface area contributed by atoms with Crippen LogP contribution in [0.1, 0.15) is 17.2 Å². The topological polar surface area (TPSA) is 77.2 Å². The first-order chi connectivity index (χ1) is 9.60. The van der Waals surface area contributed by atoms with Gasteiger partial charge in [-0.05, 0) is 18.6 Å². The molecule has 5 heteroatoms. The Kier molecular flexibility index (Phi) is 4.32. The first-order valence-corrected chi connectivity index (χ1v) is 6.23. The van der Waals surface area contributed by atoms with E-state index in [0.29, 0.717) is 11.6 Å². The number of aromatic nitrogens is 1. The van der Waals surface area contributed by atoms with E-state index in [1.54, 1.807) is 12.1 Å². The van der Waals surface area contributed by atoms with Crippen LogP contribution in [0.2, 0.25) is 0 Å². The van der Waals surface area contributed by atoms with Gasteiger partial charge in [-0.3, -0.25) is 4.79 Å². The van der Waals surface area contributed by atoms with Gasteiger partial charge in [-0.2, -0.15) is 0 Å². The molecule has 0 aliphatic heterocycles. The highest BCUT2D eigenvalue weighted by molar-refractivity contribution is 5.95. The van der Waals surface area contributed by atoms with Crippen LogP contribution in [0.4, 0.5) is 5.69 Å². The molecule has 0 aliphatic rings. The lowest BCUT2D eigenvalue weighted by Gasteiger charge is -2.12. The molecule has 20 heavy (non-hydrogen) atoms. The van der Waals surface area contributed by atoms with Crippen molar-refractivity contribution < 1.29 is 9.53 Å². The number of rotatable bonds is 4. The van der Waals surface area contributed by atoms with E-state index >= 15 is 0 Å². The van der Waals surface area contributed by atoms with Gasteiger partial charge >= 0.3 is 0 Å². The Hall–Kier alpha value is -2.40. The number of ether oxygens (including phenoxy) is 1. The van der Waals surface area contributed by atoms with E-state index < -0.39 is 6.04 Å². The number of benzene rings is 1. The van der Waals surface area contributed by atoms with Crippen molar-refractivity contribution in [2.45, 2.75) is 13.0 Å². The predicted molar refractivity (Wildman–Crippen MR) is 77.5 cm³/mol. The van der Waals surface area contributed by atoms with Gasteiger partial charge in [0.2, 0.25) is 11.8 Å². The summed E-state index contributed by atoms with van der Waals surface area (Å²) in [6.07, 6.45) is 1.53. The second-order valence-electron chi connectivity index (χ2n) is 4.47. The number of nitrogens with zero attached hydrogens (tertiary/aromatic N) is 1. The molecule has 0 radical (unpaired) electrons. The van der Waals surface area contributed by atoms with Gasteiger partial charge in [0.15, 0.2) is 0 Å². The van der Waals surface area contributed by atoms with E-state index in [4.69, 9.17) is 10.5 Å². The van der Waals surface area contributed by atoms with E-state index in [0.717, 1.165) is 11.1 Å². The van der Waals surface area contributed by atoms with Crippen LogP contribution in [0.5, 0.6) is 5.88 Å². The van der Waals surface area contributed by atoms with Crippen molar-refractivity contribution in [3.8, 4) is 5.88 Å². The Labute approximate surface area is 117 Å². The Morgan fingerprint density at radius 2 is 1.95 bits per heavy atom. The summed E-state index contributed by atoms with van der Waals surface area (Å²) in [6, 6.07) is 10.2. The molecule has 104 valence electrons. The summed E-state index contributed by atoms with van der Waals surface area (Å²) in [5, 5.41) is 2.72. The number of carbonyl (C=O) groups excluding carboxylic acids is 1. The van der Waals surface area contributed by atoms with Crippen molar-refractivity contribution in [2.75, 3.05) is 12.4 Å². The SMILES string of the molecule is COc1ccc(NC(=O)C(N)c2ccc(C)cc2)cn1. The Morgan fingerprint density at radius 3 is 2.50 bits per heavy atom. The Balaban J connectivity index is 2.05. The summed E-state index contributed by atoms with van der Waals surface area (Å²) in [7, 11) is 1.54. The molecule has 1 amide bonds. The van der Waals surface area contributed by atoms with E-state index in [-0.39, 0.29) is 5.91 Å². The summed E-state index contributed by atoms with van der Waals surface area (Å²) in [4.78, 5) is 16.1. The molecule has 1 aromatic carbocycles. The van der Waals surface area contributed by atoms with Gasteiger partial charge in [0.05, 0.1) is 19.0 Å². The quantitative estimate of drug-likeness (QED) is 0.892. The van der Waals surface area contributed by atoms with Crippen molar-refractivity contribution in [2.24, 2.45) is 5.73 Å². The highest BCUT2D eigenvalue weighted by atomic mass is 16.5. The number of nitrogens with one attached hydrogen (secondary N) is 1. The number of pyridine rings is 1. The number of anilines is 1. The maximum absolute atomic E-state index is 12.1. The molecule has 2 rings (SSSR count). The average Bonchev–Trinajstić information content (AvgIpc) is 2.48. The molecule has 1 aromatic heterocycles. The monoisotopic (exact) mass is 271 g/mol. The Morgan fingerprint density at radius 1 is 1.25 bits per heavy atom. The highest BCUT2D eigenvalue weighted by Crippen LogP contribution is 2.15. The van der Waals surface area contributed by atoms with Gasteiger partial charge in [-0.15, -0.1) is 0 Å². The molecule has 1 unspecified atom stereocenters. The number of methoxy groups -OCH3 is 1. The second-order valence-corrected chi connectivity index (χ2v) is 4.47. The van der Waals surface area contributed by atoms with E-state index in [2.05, 4.69) is 10.3 Å². The molecular formula is C15H17N3O2. The van der Waals surface area contributed by atoms with Crippen molar-refractivity contribution in [3.63, 3.8) is 0 Å². The molecule has 0 spiro atoms. The van der Waals surface area contributed by atoms with Crippen LogP contribution in [0.25, 0.3) is 0 Å². The summed E-state index contributed by atoms with van der Waals surface area (Å²) >= 11 is 0. The third-order valence-electron chi connectivity index (χ3n) is 2.93. The first-order valence-electron chi connectivity index (χ1n) is 6.23. The van der Waals surface area contributed by atoms with E-state index in [9.17, 15) is 4.79 Å². The van der Waals surface area contributed by atoms with E-state index in [1.807, 2.05) is 31.2 Å². The lowest BCUT2D eigenvalue weighted by Crippen LogP contribution is -2.27. The molecule has 0 fully saturated rings. The van der Waals surface area contributed by atoms with Crippen molar-refractivity contribution in [1.82, 2.24) is 4.98 Å². The molecule has 3 N–H and O–H groups in total. The zero-order valence-electron chi connectivity index (χ0n) is 11.5. The van der Waals surface area contributed by atoms with Gasteiger partial charge < -0.3 is 15.8 Å². The lowest BCUT2D eigenvalue weighted by atomic mass is 10.1. The van der Waals surface area contributed by atoms with Crippen LogP contribution < -0.4 is 15.8 Å². The van der Waals surface area contributed by atoms with Crippen molar-refractivity contribution in [1.29, 1.82) is 0 Å². The molecule has 1 heterocycles. The summed E-state index contributed by atoms with van der Waals surface area (Å²) in [5.74, 6) is 0.214. The van der Waals surface area contributed by atoms with Gasteiger partial charge in [0.1, 0.15) is 6.04 Å². The largest absolute Gasteiger partial charge is 0.481 e. The predicted octanol–water partition coefficient (Wildman–Crippen LogP) is 2.04. The van der Waals surface area contributed by atoms with Gasteiger partial charge in [0.25, 0.3) is 0 Å². The minimum Gasteiger partial charge on any atom is -0.481 e. The third-order valence-corrected chi connectivity index (χ3v) is 2.93. The highest BCUT2D eigenvalue weighted by Gasteiger charge is 2.15. The molecule has 0 bridgehead atoms. The van der Waals surface area contributed by atoms with Gasteiger partial charge in [-0.25, -0.2) is 4.98 Å². The summed E-state index contributed by atoms with van der Waals surface area (Å²) < 4.78 is 4.95. The smallest absolute Gasteiger partial charge is 0.245 e. The second kappa shape index (κ2) is 6.16. The number of amides is 1. The third kappa shape index (κ3) is 3.33. The molecule has 5 nitrogen and oxygen atoms in total. The summed E-state index contributed by atoms with van der Waals surface area (Å²) in [5.41, 5.74) is 8.42. The van der Waals surface area contributed by atoms with Crippen LogP contribution in [0, 0.1) is 6.92 Å². The normalized spacial score (nSPS) is 11.8. The molecular weight excluding hydrogens is 254 g/mol. The maximum atomic E-state index is 12.1. The average molecular weight is 271 g/mol. The minimum absolute atomic E-state index is 0.277. The van der Waals surface area contributed by atoms with Crippen molar-refractivity contribution >= 4 is 11.6 Å². The molecule has 0 aliphatic carbocycles. The Bertz CT molecular complexity index is 579. The molecule has 0 saturated heterocycles. The standard InChI is InChI=1S/C15H17N3O2/c1-10-3-5-11(6-4-10)14(16)15(19)18-12-7-8-13(20-2)17-9-12/h3-9,14H,16H2,1-2H3,(H,18,19). The fourth-order valence-electron chi connectivity index (χ4n) is 1.72. The first kappa shape index (κ1) is 14.0. The molecule has 2 aromatic rings. The van der Waals surface area contributed by atoms with Gasteiger partial charge in [0, 0.05) is 6.07 Å². The lowest BCUT2D eigenvalue weighted by molar-refractivity contribution is -0.117. The fraction of sp³-hybridized carbons (Fsp3) is 0.200. The van der Waals surface area contributed by atoms with Crippen LogP contribution in [0.15, 0.2) is 42.6 Å². The molecule has 1 atom stereocenters. The number of hydrogen-bond acceptors (Lipinski definition) is 4. The fourth-order valence-corrected chi connectivity index (χ4v) is 1.72. The maximum Gasteiger partial charge on any atom is 0.245 e. The number of hydrogen-bond donors (Lipinski definition) is 2. The van der Waals surface area contributed by atoms with E-state index in [1.165, 1.54) is 13.3 Å².